The van der Waals surface area contributed by atoms with Crippen LogP contribution in [0.1, 0.15) is 20.3 Å². The Labute approximate surface area is 91.1 Å². The molecule has 0 bridgehead atoms. The second-order valence-corrected chi connectivity index (χ2v) is 4.69. The lowest BCUT2D eigenvalue weighted by Crippen LogP contribution is -2.30. The van der Waals surface area contributed by atoms with E-state index in [1.165, 1.54) is 13.0 Å². The van der Waals surface area contributed by atoms with Gasteiger partial charge >= 0.3 is 0 Å². The molecule has 0 radical (unpaired) electrons. The maximum Gasteiger partial charge on any atom is 0.145 e. The van der Waals surface area contributed by atoms with E-state index in [1.54, 1.807) is 0 Å². The molecule has 2 rings (SSSR count). The van der Waals surface area contributed by atoms with Gasteiger partial charge in [0.1, 0.15) is 5.82 Å². The summed E-state index contributed by atoms with van der Waals surface area (Å²) in [5.41, 5.74) is 5.57. The van der Waals surface area contributed by atoms with Crippen LogP contribution >= 0.6 is 0 Å². The van der Waals surface area contributed by atoms with Crippen molar-refractivity contribution in [2.45, 2.75) is 32.9 Å². The Morgan fingerprint density at radius 3 is 2.80 bits per heavy atom. The Morgan fingerprint density at radius 1 is 1.47 bits per heavy atom. The minimum absolute atomic E-state index is 0.609. The van der Waals surface area contributed by atoms with Gasteiger partial charge in [0.2, 0.25) is 0 Å². The molecule has 0 aliphatic carbocycles. The van der Waals surface area contributed by atoms with Gasteiger partial charge < -0.3 is 5.73 Å². The van der Waals surface area contributed by atoms with Gasteiger partial charge in [-0.15, -0.1) is 0 Å². The molecule has 0 aromatic carbocycles. The second-order valence-electron chi connectivity index (χ2n) is 4.69. The van der Waals surface area contributed by atoms with Gasteiger partial charge in [-0.1, -0.05) is 6.92 Å². The number of anilines is 1. The molecule has 1 aliphatic rings. The fraction of sp³-hybridized carbons (Fsp3) is 0.727. The second kappa shape index (κ2) is 4.23. The third-order valence-electron chi connectivity index (χ3n) is 3.19. The molecule has 0 spiro atoms. The summed E-state index contributed by atoms with van der Waals surface area (Å²) in [5, 5.41) is 4.18. The van der Waals surface area contributed by atoms with E-state index in [2.05, 4.69) is 23.8 Å². The average molecular weight is 208 g/mol. The van der Waals surface area contributed by atoms with E-state index < -0.39 is 0 Å². The van der Waals surface area contributed by atoms with Crippen molar-refractivity contribution in [1.29, 1.82) is 0 Å². The minimum Gasteiger partial charge on any atom is -0.382 e. The van der Waals surface area contributed by atoms with Crippen LogP contribution in [0.5, 0.6) is 0 Å². The highest BCUT2D eigenvalue weighted by Crippen LogP contribution is 2.21. The lowest BCUT2D eigenvalue weighted by molar-refractivity contribution is 0.250. The molecule has 4 heteroatoms. The summed E-state index contributed by atoms with van der Waals surface area (Å²) in [6, 6.07) is 2.56. The fourth-order valence-corrected chi connectivity index (χ4v) is 2.43. The van der Waals surface area contributed by atoms with Crippen LogP contribution in [0.15, 0.2) is 12.3 Å². The van der Waals surface area contributed by atoms with Crippen molar-refractivity contribution < 1.29 is 0 Å². The summed E-state index contributed by atoms with van der Waals surface area (Å²) < 4.78 is 1.92. The summed E-state index contributed by atoms with van der Waals surface area (Å²) in [6.45, 7) is 7.86. The molecule has 84 valence electrons. The summed E-state index contributed by atoms with van der Waals surface area (Å²) in [5.74, 6) is 1.44. The van der Waals surface area contributed by atoms with E-state index in [0.717, 1.165) is 19.0 Å². The molecule has 1 aromatic heterocycles. The average Bonchev–Trinajstić information content (AvgIpc) is 2.70. The SMILES string of the molecule is CC1CC(C)N(CCn2ccc(N)n2)C1. The largest absolute Gasteiger partial charge is 0.382 e. The van der Waals surface area contributed by atoms with E-state index in [0.29, 0.717) is 11.9 Å². The number of hydrogen-bond acceptors (Lipinski definition) is 3. The normalized spacial score (nSPS) is 27.3. The lowest BCUT2D eigenvalue weighted by Gasteiger charge is -2.20. The first-order valence-electron chi connectivity index (χ1n) is 5.68. The number of aromatic nitrogens is 2. The molecule has 15 heavy (non-hydrogen) atoms. The van der Waals surface area contributed by atoms with Crippen LogP contribution in [0.3, 0.4) is 0 Å². The van der Waals surface area contributed by atoms with Crippen molar-refractivity contribution in [3.63, 3.8) is 0 Å². The number of nitrogen functional groups attached to an aromatic ring is 1. The summed E-state index contributed by atoms with van der Waals surface area (Å²) >= 11 is 0. The van der Waals surface area contributed by atoms with Gasteiger partial charge in [-0.2, -0.15) is 5.10 Å². The van der Waals surface area contributed by atoms with Crippen LogP contribution in [0.25, 0.3) is 0 Å². The van der Waals surface area contributed by atoms with Crippen LogP contribution in [0.2, 0.25) is 0 Å². The van der Waals surface area contributed by atoms with E-state index in [4.69, 9.17) is 5.73 Å². The molecule has 2 heterocycles. The number of rotatable bonds is 3. The highest BCUT2D eigenvalue weighted by Gasteiger charge is 2.25. The van der Waals surface area contributed by atoms with Crippen molar-refractivity contribution in [1.82, 2.24) is 14.7 Å². The smallest absolute Gasteiger partial charge is 0.145 e. The predicted octanol–water partition coefficient (Wildman–Crippen LogP) is 1.20. The molecule has 1 saturated heterocycles. The van der Waals surface area contributed by atoms with Crippen LogP contribution in [0.4, 0.5) is 5.82 Å². The number of nitrogens with two attached hydrogens (primary N) is 1. The van der Waals surface area contributed by atoms with E-state index >= 15 is 0 Å². The minimum atomic E-state index is 0.609. The maximum absolute atomic E-state index is 5.57. The highest BCUT2D eigenvalue weighted by atomic mass is 15.3. The zero-order valence-electron chi connectivity index (χ0n) is 9.56. The topological polar surface area (TPSA) is 47.1 Å². The molecule has 1 fully saturated rings. The van der Waals surface area contributed by atoms with Gasteiger partial charge in [-0.25, -0.2) is 0 Å². The Kier molecular flexibility index (Phi) is 2.95. The first-order chi connectivity index (χ1) is 7.15. The molecular weight excluding hydrogens is 188 g/mol. The molecule has 1 aliphatic heterocycles. The molecule has 1 aromatic rings. The Balaban J connectivity index is 1.83. The molecule has 2 atom stereocenters. The molecule has 2 N–H and O–H groups in total. The molecule has 0 saturated carbocycles. The van der Waals surface area contributed by atoms with Gasteiger partial charge in [0, 0.05) is 25.3 Å². The van der Waals surface area contributed by atoms with Gasteiger partial charge in [-0.3, -0.25) is 9.58 Å². The summed E-state index contributed by atoms with van der Waals surface area (Å²) in [4.78, 5) is 2.53. The third-order valence-corrected chi connectivity index (χ3v) is 3.19. The fourth-order valence-electron chi connectivity index (χ4n) is 2.43. The standard InChI is InChI=1S/C11H20N4/c1-9-7-10(2)14(8-9)5-6-15-4-3-11(12)13-15/h3-4,9-10H,5-8H2,1-2H3,(H2,12,13). The quantitative estimate of drug-likeness (QED) is 0.812. The lowest BCUT2D eigenvalue weighted by atomic mass is 10.1. The van der Waals surface area contributed by atoms with Crippen molar-refractivity contribution in [2.75, 3.05) is 18.8 Å². The summed E-state index contributed by atoms with van der Waals surface area (Å²) in [7, 11) is 0. The van der Waals surface area contributed by atoms with Crippen LogP contribution in [-0.4, -0.2) is 33.8 Å². The number of likely N-dealkylation sites (tertiary alicyclic amines) is 1. The van der Waals surface area contributed by atoms with E-state index in [9.17, 15) is 0 Å². The first kappa shape index (κ1) is 10.5. The van der Waals surface area contributed by atoms with E-state index in [-0.39, 0.29) is 0 Å². The highest BCUT2D eigenvalue weighted by molar-refractivity contribution is 5.23. The first-order valence-corrected chi connectivity index (χ1v) is 5.68. The zero-order valence-corrected chi connectivity index (χ0v) is 9.56. The van der Waals surface area contributed by atoms with Gasteiger partial charge in [0.15, 0.2) is 0 Å². The number of nitrogens with zero attached hydrogens (tertiary/aromatic N) is 3. The molecule has 4 nitrogen and oxygen atoms in total. The van der Waals surface area contributed by atoms with Crippen LogP contribution in [-0.2, 0) is 6.54 Å². The third kappa shape index (κ3) is 2.50. The Bertz CT molecular complexity index is 320. The van der Waals surface area contributed by atoms with Crippen molar-refractivity contribution in [3.8, 4) is 0 Å². The maximum atomic E-state index is 5.57. The van der Waals surface area contributed by atoms with Crippen molar-refractivity contribution in [2.24, 2.45) is 5.92 Å². The van der Waals surface area contributed by atoms with Gasteiger partial charge in [0.25, 0.3) is 0 Å². The van der Waals surface area contributed by atoms with Crippen LogP contribution < -0.4 is 5.73 Å². The van der Waals surface area contributed by atoms with E-state index in [1.807, 2.05) is 16.9 Å². The Hall–Kier alpha value is -1.03. The van der Waals surface area contributed by atoms with Crippen molar-refractivity contribution in [3.05, 3.63) is 12.3 Å². The van der Waals surface area contributed by atoms with Gasteiger partial charge in [-0.05, 0) is 25.3 Å². The zero-order chi connectivity index (χ0) is 10.8. The summed E-state index contributed by atoms with van der Waals surface area (Å²) in [6.07, 6.45) is 3.26. The van der Waals surface area contributed by atoms with Crippen LogP contribution in [0, 0.1) is 5.92 Å². The van der Waals surface area contributed by atoms with Gasteiger partial charge in [0.05, 0.1) is 6.54 Å². The monoisotopic (exact) mass is 208 g/mol. The van der Waals surface area contributed by atoms with Crippen molar-refractivity contribution >= 4 is 5.82 Å². The molecule has 2 unspecified atom stereocenters. The number of hydrogen-bond donors (Lipinski definition) is 1. The molecular formula is C11H20N4. The molecule has 0 amide bonds. The Morgan fingerprint density at radius 2 is 2.27 bits per heavy atom. The predicted molar refractivity (Wildman–Crippen MR) is 61.5 cm³/mol.